The predicted molar refractivity (Wildman–Crippen MR) is 49.3 cm³/mol. The molecule has 1 heteroatoms. The van der Waals surface area contributed by atoms with Gasteiger partial charge in [0.2, 0.25) is 0 Å². The zero-order chi connectivity index (χ0) is 7.42. The summed E-state index contributed by atoms with van der Waals surface area (Å²) in [7, 11) is 0. The molecular formula is C11H14O. The van der Waals surface area contributed by atoms with E-state index in [4.69, 9.17) is 0 Å². The van der Waals surface area contributed by atoms with E-state index in [1.807, 2.05) is 0 Å². The smallest absolute Gasteiger partial charge is 0.0620 e. The van der Waals surface area contributed by atoms with Crippen LogP contribution in [-0.4, -0.2) is 11.2 Å². The lowest BCUT2D eigenvalue weighted by atomic mass is 9.54. The number of aliphatic hydroxyl groups is 1. The normalized spacial score (nSPS) is 34.9. The summed E-state index contributed by atoms with van der Waals surface area (Å²) in [5.74, 6) is 1.19. The van der Waals surface area contributed by atoms with E-state index in [-0.39, 0.29) is 13.5 Å². The lowest BCUT2D eigenvalue weighted by Gasteiger charge is -2.52. The summed E-state index contributed by atoms with van der Waals surface area (Å²) < 4.78 is 0. The van der Waals surface area contributed by atoms with Crippen molar-refractivity contribution in [1.29, 1.82) is 0 Å². The van der Waals surface area contributed by atoms with Crippen molar-refractivity contribution < 1.29 is 5.11 Å². The zero-order valence-corrected chi connectivity index (χ0v) is 6.20. The Kier molecular flexibility index (Phi) is 1.52. The molecule has 3 unspecified atom stereocenters. The molecule has 1 fully saturated rings. The van der Waals surface area contributed by atoms with E-state index in [1.54, 1.807) is 0 Å². The summed E-state index contributed by atoms with van der Waals surface area (Å²) in [5.41, 5.74) is 2.86. The Bertz CT molecular complexity index is 306. The van der Waals surface area contributed by atoms with Crippen molar-refractivity contribution in [3.63, 3.8) is 0 Å². The monoisotopic (exact) mass is 162 g/mol. The van der Waals surface area contributed by atoms with Gasteiger partial charge in [-0.25, -0.2) is 0 Å². The first kappa shape index (κ1) is 7.81. The maximum Gasteiger partial charge on any atom is 0.0620 e. The summed E-state index contributed by atoms with van der Waals surface area (Å²) >= 11 is 0. The fraction of sp³-hybridized carbons (Fsp3) is 0.455. The first-order valence-corrected chi connectivity index (χ1v) is 4.15. The predicted octanol–water partition coefficient (Wildman–Crippen LogP) is 2.27. The van der Waals surface area contributed by atoms with Crippen LogP contribution in [0.3, 0.4) is 0 Å². The average molecular weight is 162 g/mol. The Hall–Kier alpha value is -0.820. The van der Waals surface area contributed by atoms with Gasteiger partial charge in [0, 0.05) is 5.92 Å². The van der Waals surface area contributed by atoms with Crippen molar-refractivity contribution in [2.24, 2.45) is 0 Å². The molecule has 12 heavy (non-hydrogen) atoms. The Labute approximate surface area is 73.0 Å². The molecular weight excluding hydrogens is 148 g/mol. The van der Waals surface area contributed by atoms with Crippen LogP contribution in [-0.2, 0) is 0 Å². The van der Waals surface area contributed by atoms with E-state index >= 15 is 0 Å². The highest BCUT2D eigenvalue weighted by atomic mass is 16.3. The number of hydrogen-bond acceptors (Lipinski definition) is 1. The van der Waals surface area contributed by atoms with E-state index in [9.17, 15) is 5.11 Å². The van der Waals surface area contributed by atoms with Gasteiger partial charge in [-0.15, -0.1) is 0 Å². The summed E-state index contributed by atoms with van der Waals surface area (Å²) in [5, 5.41) is 9.38. The number of benzene rings is 1. The van der Waals surface area contributed by atoms with Gasteiger partial charge in [-0.1, -0.05) is 31.7 Å². The average Bonchev–Trinajstić information content (AvgIpc) is 1.99. The standard InChI is InChI=1S/C10H10O.CH4/c11-9-5-8-6-3-1-2-4-7(6)10(8)9;/h1-4,8-11H,5H2;1H4. The summed E-state index contributed by atoms with van der Waals surface area (Å²) in [6.45, 7) is 0. The van der Waals surface area contributed by atoms with Gasteiger partial charge in [0.1, 0.15) is 0 Å². The van der Waals surface area contributed by atoms with Crippen LogP contribution in [0, 0.1) is 0 Å². The second kappa shape index (κ2) is 2.33. The molecule has 0 radical (unpaired) electrons. The van der Waals surface area contributed by atoms with Crippen molar-refractivity contribution in [2.75, 3.05) is 0 Å². The molecule has 0 heterocycles. The van der Waals surface area contributed by atoms with E-state index < -0.39 is 0 Å². The van der Waals surface area contributed by atoms with Crippen molar-refractivity contribution >= 4 is 0 Å². The molecule has 0 aromatic heterocycles. The Balaban J connectivity index is 0.000000563. The topological polar surface area (TPSA) is 20.2 Å². The van der Waals surface area contributed by atoms with E-state index in [0.29, 0.717) is 11.8 Å². The van der Waals surface area contributed by atoms with E-state index in [0.717, 1.165) is 6.42 Å². The van der Waals surface area contributed by atoms with Crippen molar-refractivity contribution in [3.05, 3.63) is 35.4 Å². The number of hydrogen-bond donors (Lipinski definition) is 1. The third-order valence-electron chi connectivity index (χ3n) is 3.10. The third kappa shape index (κ3) is 0.674. The van der Waals surface area contributed by atoms with Gasteiger partial charge in [-0.3, -0.25) is 0 Å². The van der Waals surface area contributed by atoms with Gasteiger partial charge < -0.3 is 5.11 Å². The van der Waals surface area contributed by atoms with Gasteiger partial charge in [0.25, 0.3) is 0 Å². The second-order valence-corrected chi connectivity index (χ2v) is 3.56. The largest absolute Gasteiger partial charge is 0.392 e. The van der Waals surface area contributed by atoms with Gasteiger partial charge in [-0.05, 0) is 23.5 Å². The van der Waals surface area contributed by atoms with Crippen LogP contribution in [0.2, 0.25) is 0 Å². The molecule has 0 saturated heterocycles. The molecule has 1 aromatic carbocycles. The minimum absolute atomic E-state index is 0. The van der Waals surface area contributed by atoms with Gasteiger partial charge in [0.15, 0.2) is 0 Å². The fourth-order valence-corrected chi connectivity index (χ4v) is 2.43. The summed E-state index contributed by atoms with van der Waals surface area (Å²) in [4.78, 5) is 0. The molecule has 2 aliphatic rings. The molecule has 0 bridgehead atoms. The Morgan fingerprint density at radius 1 is 1.17 bits per heavy atom. The van der Waals surface area contributed by atoms with Crippen LogP contribution in [0.25, 0.3) is 0 Å². The Morgan fingerprint density at radius 3 is 2.50 bits per heavy atom. The van der Waals surface area contributed by atoms with Crippen LogP contribution >= 0.6 is 0 Å². The molecule has 2 aliphatic carbocycles. The van der Waals surface area contributed by atoms with Crippen LogP contribution < -0.4 is 0 Å². The molecule has 1 N–H and O–H groups in total. The number of fused-ring (bicyclic) bond motifs is 4. The molecule has 3 rings (SSSR count). The molecule has 0 spiro atoms. The number of rotatable bonds is 0. The van der Waals surface area contributed by atoms with Crippen molar-refractivity contribution in [1.82, 2.24) is 0 Å². The minimum Gasteiger partial charge on any atom is -0.392 e. The Morgan fingerprint density at radius 2 is 1.83 bits per heavy atom. The SMILES string of the molecule is C.OC1CC2c3ccccc3C12. The number of aliphatic hydroxyl groups excluding tert-OH is 1. The van der Waals surface area contributed by atoms with Crippen LogP contribution in [0.15, 0.2) is 24.3 Å². The molecule has 3 atom stereocenters. The molecule has 0 amide bonds. The minimum atomic E-state index is -0.0464. The second-order valence-electron chi connectivity index (χ2n) is 3.56. The lowest BCUT2D eigenvalue weighted by molar-refractivity contribution is 0.0253. The third-order valence-corrected chi connectivity index (χ3v) is 3.10. The highest BCUT2D eigenvalue weighted by Gasteiger charge is 2.50. The van der Waals surface area contributed by atoms with Gasteiger partial charge in [0.05, 0.1) is 6.10 Å². The quantitative estimate of drug-likeness (QED) is 0.620. The lowest BCUT2D eigenvalue weighted by Crippen LogP contribution is -2.45. The molecule has 1 nitrogen and oxygen atoms in total. The van der Waals surface area contributed by atoms with E-state index in [2.05, 4.69) is 24.3 Å². The summed E-state index contributed by atoms with van der Waals surface area (Å²) in [6, 6.07) is 8.46. The summed E-state index contributed by atoms with van der Waals surface area (Å²) in [6.07, 6.45) is 0.941. The van der Waals surface area contributed by atoms with E-state index in [1.165, 1.54) is 11.1 Å². The first-order chi connectivity index (χ1) is 5.38. The molecule has 1 saturated carbocycles. The van der Waals surface area contributed by atoms with Crippen molar-refractivity contribution in [2.45, 2.75) is 31.8 Å². The molecule has 0 aliphatic heterocycles. The van der Waals surface area contributed by atoms with Crippen LogP contribution in [0.4, 0.5) is 0 Å². The maximum atomic E-state index is 9.38. The molecule has 1 aromatic rings. The maximum absolute atomic E-state index is 9.38. The first-order valence-electron chi connectivity index (χ1n) is 4.15. The van der Waals surface area contributed by atoms with Crippen LogP contribution in [0.1, 0.15) is 36.8 Å². The van der Waals surface area contributed by atoms with Gasteiger partial charge >= 0.3 is 0 Å². The molecule has 64 valence electrons. The fourth-order valence-electron chi connectivity index (χ4n) is 2.43. The zero-order valence-electron chi connectivity index (χ0n) is 6.20. The highest BCUT2D eigenvalue weighted by Crippen LogP contribution is 2.59. The highest BCUT2D eigenvalue weighted by molar-refractivity contribution is 5.49. The van der Waals surface area contributed by atoms with Crippen LogP contribution in [0.5, 0.6) is 0 Å². The van der Waals surface area contributed by atoms with Gasteiger partial charge in [-0.2, -0.15) is 0 Å². The van der Waals surface area contributed by atoms with Crippen molar-refractivity contribution in [3.8, 4) is 0 Å².